The zero-order valence-corrected chi connectivity index (χ0v) is 13.0. The zero-order valence-electron chi connectivity index (χ0n) is 13.0. The third-order valence-electron chi connectivity index (χ3n) is 4.29. The van der Waals surface area contributed by atoms with Crippen LogP contribution in [-0.2, 0) is 6.18 Å². The molecular formula is C16H17F3N2O2. The van der Waals surface area contributed by atoms with E-state index in [1.165, 1.54) is 6.07 Å². The molecule has 124 valence electrons. The van der Waals surface area contributed by atoms with Crippen molar-refractivity contribution in [1.82, 2.24) is 4.98 Å². The summed E-state index contributed by atoms with van der Waals surface area (Å²) in [6, 6.07) is 3.84. The minimum Gasteiger partial charge on any atom is -0.489 e. The molecule has 7 heteroatoms. The number of alkyl halides is 3. The standard InChI is InChI=1S/C16H17F3N2O2/c1-8(2)12-7-23-15-11(21(12)3)5-4-10-14(15)9(16(17,18)19)6-13(22)20-10/h4-6,8,12H,7H2,1-3H3,(H,20,22)/t12-/m0/s1. The first-order valence-electron chi connectivity index (χ1n) is 7.33. The Morgan fingerprint density at radius 3 is 2.65 bits per heavy atom. The highest BCUT2D eigenvalue weighted by Gasteiger charge is 2.37. The van der Waals surface area contributed by atoms with Gasteiger partial charge in [0.1, 0.15) is 6.61 Å². The fourth-order valence-corrected chi connectivity index (χ4v) is 3.06. The molecule has 1 aromatic heterocycles. The quantitative estimate of drug-likeness (QED) is 0.873. The zero-order chi connectivity index (χ0) is 16.9. The smallest absolute Gasteiger partial charge is 0.417 e. The van der Waals surface area contributed by atoms with Crippen LogP contribution in [-0.4, -0.2) is 24.7 Å². The summed E-state index contributed by atoms with van der Waals surface area (Å²) in [6.07, 6.45) is -4.63. The maximum Gasteiger partial charge on any atom is 0.417 e. The molecule has 0 saturated carbocycles. The fourth-order valence-electron chi connectivity index (χ4n) is 3.06. The average Bonchev–Trinajstić information content (AvgIpc) is 2.44. The lowest BCUT2D eigenvalue weighted by Gasteiger charge is -2.38. The Kier molecular flexibility index (Phi) is 3.54. The van der Waals surface area contributed by atoms with Gasteiger partial charge in [-0.3, -0.25) is 4.79 Å². The summed E-state index contributed by atoms with van der Waals surface area (Å²) < 4.78 is 45.7. The molecule has 0 amide bonds. The number of nitrogens with zero attached hydrogens (tertiary/aromatic N) is 1. The molecule has 0 bridgehead atoms. The van der Waals surface area contributed by atoms with E-state index >= 15 is 0 Å². The molecule has 1 aromatic carbocycles. The van der Waals surface area contributed by atoms with Gasteiger partial charge in [-0.05, 0) is 18.1 Å². The van der Waals surface area contributed by atoms with E-state index in [0.717, 1.165) is 0 Å². The van der Waals surface area contributed by atoms with Crippen molar-refractivity contribution in [2.75, 3.05) is 18.6 Å². The molecule has 1 N–H and O–H groups in total. The summed E-state index contributed by atoms with van der Waals surface area (Å²) in [7, 11) is 1.84. The highest BCUT2D eigenvalue weighted by Crippen LogP contribution is 2.44. The number of pyridine rings is 1. The van der Waals surface area contributed by atoms with E-state index in [1.807, 2.05) is 25.8 Å². The number of rotatable bonds is 1. The van der Waals surface area contributed by atoms with E-state index in [2.05, 4.69) is 4.98 Å². The Bertz CT molecular complexity index is 811. The molecule has 3 rings (SSSR count). The highest BCUT2D eigenvalue weighted by atomic mass is 19.4. The first kappa shape index (κ1) is 15.7. The summed E-state index contributed by atoms with van der Waals surface area (Å²) in [5.74, 6) is 0.465. The number of fused-ring (bicyclic) bond motifs is 3. The van der Waals surface area contributed by atoms with Crippen molar-refractivity contribution in [2.24, 2.45) is 5.92 Å². The van der Waals surface area contributed by atoms with Gasteiger partial charge >= 0.3 is 6.18 Å². The number of H-pyrrole nitrogens is 1. The maximum absolute atomic E-state index is 13.3. The number of benzene rings is 1. The summed E-state index contributed by atoms with van der Waals surface area (Å²) in [5.41, 5.74) is -1.03. The molecule has 0 spiro atoms. The van der Waals surface area contributed by atoms with Crippen LogP contribution in [0, 0.1) is 5.92 Å². The van der Waals surface area contributed by atoms with Crippen LogP contribution in [0.1, 0.15) is 19.4 Å². The minimum atomic E-state index is -4.63. The number of hydrogen-bond acceptors (Lipinski definition) is 3. The van der Waals surface area contributed by atoms with Crippen LogP contribution in [0.3, 0.4) is 0 Å². The Morgan fingerprint density at radius 1 is 1.35 bits per heavy atom. The molecule has 0 radical (unpaired) electrons. The first-order valence-corrected chi connectivity index (χ1v) is 7.33. The molecule has 2 aromatic rings. The number of anilines is 1. The molecule has 0 fully saturated rings. The Labute approximate surface area is 130 Å². The van der Waals surface area contributed by atoms with E-state index in [9.17, 15) is 18.0 Å². The van der Waals surface area contributed by atoms with Crippen molar-refractivity contribution in [3.05, 3.63) is 34.1 Å². The molecule has 1 aliphatic heterocycles. The number of likely N-dealkylation sites (N-methyl/N-ethyl adjacent to an activating group) is 1. The largest absolute Gasteiger partial charge is 0.489 e. The molecule has 1 aliphatic rings. The van der Waals surface area contributed by atoms with E-state index in [0.29, 0.717) is 24.3 Å². The second-order valence-corrected chi connectivity index (χ2v) is 6.11. The Balaban J connectivity index is 2.31. The van der Waals surface area contributed by atoms with Crippen molar-refractivity contribution < 1.29 is 17.9 Å². The van der Waals surface area contributed by atoms with Crippen LogP contribution < -0.4 is 15.2 Å². The van der Waals surface area contributed by atoms with Crippen molar-refractivity contribution in [3.8, 4) is 5.75 Å². The van der Waals surface area contributed by atoms with Gasteiger partial charge in [0.15, 0.2) is 5.75 Å². The molecule has 23 heavy (non-hydrogen) atoms. The summed E-state index contributed by atoms with van der Waals surface area (Å²) >= 11 is 0. The van der Waals surface area contributed by atoms with Crippen molar-refractivity contribution in [3.63, 3.8) is 0 Å². The van der Waals surface area contributed by atoms with Crippen LogP contribution in [0.2, 0.25) is 0 Å². The fraction of sp³-hybridized carbons (Fsp3) is 0.438. The van der Waals surface area contributed by atoms with Gasteiger partial charge in [0.25, 0.3) is 0 Å². The second-order valence-electron chi connectivity index (χ2n) is 6.11. The van der Waals surface area contributed by atoms with E-state index in [1.54, 1.807) is 6.07 Å². The van der Waals surface area contributed by atoms with Crippen LogP contribution in [0.15, 0.2) is 23.0 Å². The number of hydrogen-bond donors (Lipinski definition) is 1. The third kappa shape index (κ3) is 2.54. The third-order valence-corrected chi connectivity index (χ3v) is 4.29. The second kappa shape index (κ2) is 5.18. The lowest BCUT2D eigenvalue weighted by atomic mass is 9.99. The van der Waals surface area contributed by atoms with E-state index in [4.69, 9.17) is 4.74 Å². The molecule has 4 nitrogen and oxygen atoms in total. The Morgan fingerprint density at radius 2 is 2.04 bits per heavy atom. The molecule has 2 heterocycles. The SMILES string of the molecule is CC(C)[C@@H]1COc2c(ccc3[nH]c(=O)cc(C(F)(F)F)c23)N1C. The number of nitrogens with one attached hydrogen (secondary N) is 1. The van der Waals surface area contributed by atoms with Crippen molar-refractivity contribution in [1.29, 1.82) is 0 Å². The van der Waals surface area contributed by atoms with Crippen molar-refractivity contribution in [2.45, 2.75) is 26.1 Å². The Hall–Kier alpha value is -2.18. The normalized spacial score (nSPS) is 18.2. The summed E-state index contributed by atoms with van der Waals surface area (Å²) in [4.78, 5) is 15.9. The highest BCUT2D eigenvalue weighted by molar-refractivity contribution is 5.94. The maximum atomic E-state index is 13.3. The first-order chi connectivity index (χ1) is 10.7. The molecule has 0 saturated heterocycles. The lowest BCUT2D eigenvalue weighted by Crippen LogP contribution is -2.44. The van der Waals surface area contributed by atoms with E-state index < -0.39 is 17.3 Å². The van der Waals surface area contributed by atoms with Crippen LogP contribution in [0.4, 0.5) is 18.9 Å². The van der Waals surface area contributed by atoms with Gasteiger partial charge < -0.3 is 14.6 Å². The molecule has 1 atom stereocenters. The van der Waals surface area contributed by atoms with Crippen LogP contribution in [0.25, 0.3) is 10.9 Å². The van der Waals surface area contributed by atoms with Gasteiger partial charge in [0.2, 0.25) is 5.56 Å². The molecular weight excluding hydrogens is 309 g/mol. The van der Waals surface area contributed by atoms with Crippen LogP contribution >= 0.6 is 0 Å². The minimum absolute atomic E-state index is 0.0806. The topological polar surface area (TPSA) is 45.3 Å². The summed E-state index contributed by atoms with van der Waals surface area (Å²) in [6.45, 7) is 4.38. The van der Waals surface area contributed by atoms with Gasteiger partial charge in [-0.1, -0.05) is 13.8 Å². The number of ether oxygens (including phenoxy) is 1. The van der Waals surface area contributed by atoms with Crippen LogP contribution in [0.5, 0.6) is 5.75 Å². The van der Waals surface area contributed by atoms with Gasteiger partial charge in [-0.25, -0.2) is 0 Å². The average molecular weight is 326 g/mol. The predicted molar refractivity (Wildman–Crippen MR) is 82.1 cm³/mol. The number of halogens is 3. The lowest BCUT2D eigenvalue weighted by molar-refractivity contribution is -0.136. The van der Waals surface area contributed by atoms with Gasteiger partial charge in [0.05, 0.1) is 28.2 Å². The number of aromatic nitrogens is 1. The van der Waals surface area contributed by atoms with Gasteiger partial charge in [-0.2, -0.15) is 13.2 Å². The van der Waals surface area contributed by atoms with Crippen molar-refractivity contribution >= 4 is 16.6 Å². The molecule has 0 unspecified atom stereocenters. The summed E-state index contributed by atoms with van der Waals surface area (Å²) in [5, 5.41) is -0.0938. The number of aromatic amines is 1. The molecule has 0 aliphatic carbocycles. The van der Waals surface area contributed by atoms with Gasteiger partial charge in [0, 0.05) is 13.1 Å². The monoisotopic (exact) mass is 326 g/mol. The van der Waals surface area contributed by atoms with E-state index in [-0.39, 0.29) is 22.7 Å². The predicted octanol–water partition coefficient (Wildman–Crippen LogP) is 3.40. The van der Waals surface area contributed by atoms with Gasteiger partial charge in [-0.15, -0.1) is 0 Å².